The molecule has 0 spiro atoms. The molecule has 1 aliphatic heterocycles. The first-order valence-corrected chi connectivity index (χ1v) is 9.37. The number of nitrogens with zero attached hydrogens (tertiary/aromatic N) is 3. The fourth-order valence-electron chi connectivity index (χ4n) is 3.22. The minimum atomic E-state index is 0.0489. The number of fused-ring (bicyclic) bond motifs is 1. The van der Waals surface area contributed by atoms with Crippen LogP contribution in [-0.2, 0) is 4.79 Å². The fourth-order valence-corrected chi connectivity index (χ4v) is 4.34. The van der Waals surface area contributed by atoms with Crippen LogP contribution in [0, 0.1) is 0 Å². The number of para-hydroxylation sites is 1. The van der Waals surface area contributed by atoms with Crippen LogP contribution < -0.4 is 0 Å². The Morgan fingerprint density at radius 3 is 2.96 bits per heavy atom. The van der Waals surface area contributed by atoms with Crippen molar-refractivity contribution < 1.29 is 4.79 Å². The Labute approximate surface area is 150 Å². The maximum atomic E-state index is 12.8. The monoisotopic (exact) mass is 349 g/mol. The van der Waals surface area contributed by atoms with E-state index >= 15 is 0 Å². The number of carbonyl (C=O) groups excluding carboxylic acids is 1. The van der Waals surface area contributed by atoms with E-state index in [1.54, 1.807) is 29.8 Å². The van der Waals surface area contributed by atoms with Crippen molar-refractivity contribution in [2.24, 2.45) is 0 Å². The molecule has 2 aromatic heterocycles. The van der Waals surface area contributed by atoms with Crippen LogP contribution in [0.2, 0.25) is 0 Å². The van der Waals surface area contributed by atoms with Gasteiger partial charge in [-0.15, -0.1) is 11.3 Å². The molecule has 126 valence electrons. The van der Waals surface area contributed by atoms with Gasteiger partial charge in [-0.05, 0) is 49.1 Å². The van der Waals surface area contributed by atoms with Gasteiger partial charge in [-0.1, -0.05) is 18.2 Å². The van der Waals surface area contributed by atoms with Crippen LogP contribution in [0.5, 0.6) is 0 Å². The first-order chi connectivity index (χ1) is 12.3. The highest BCUT2D eigenvalue weighted by Crippen LogP contribution is 2.35. The van der Waals surface area contributed by atoms with Crippen molar-refractivity contribution in [3.05, 3.63) is 65.4 Å². The van der Waals surface area contributed by atoms with E-state index in [9.17, 15) is 4.79 Å². The minimum Gasteiger partial charge on any atom is -0.330 e. The molecule has 0 saturated carbocycles. The van der Waals surface area contributed by atoms with E-state index < -0.39 is 0 Å². The number of pyridine rings is 1. The largest absolute Gasteiger partial charge is 0.330 e. The van der Waals surface area contributed by atoms with Gasteiger partial charge in [0.2, 0.25) is 5.91 Å². The summed E-state index contributed by atoms with van der Waals surface area (Å²) in [5.74, 6) is 0.0489. The number of hydrogen-bond donors (Lipinski definition) is 0. The quantitative estimate of drug-likeness (QED) is 0.656. The van der Waals surface area contributed by atoms with Crippen molar-refractivity contribution in [2.75, 3.05) is 6.54 Å². The number of piperidine rings is 1. The molecule has 1 atom stereocenters. The van der Waals surface area contributed by atoms with Crippen LogP contribution in [0.3, 0.4) is 0 Å². The summed E-state index contributed by atoms with van der Waals surface area (Å²) in [6, 6.07) is 12.1. The lowest BCUT2D eigenvalue weighted by Crippen LogP contribution is -2.37. The molecule has 1 saturated heterocycles. The smallest absolute Gasteiger partial charge is 0.247 e. The molecule has 0 aliphatic carbocycles. The fraction of sp³-hybridized carbons (Fsp3) is 0.250. The van der Waals surface area contributed by atoms with Crippen LogP contribution >= 0.6 is 11.3 Å². The summed E-state index contributed by atoms with van der Waals surface area (Å²) in [7, 11) is 0. The van der Waals surface area contributed by atoms with Gasteiger partial charge >= 0.3 is 0 Å². The third kappa shape index (κ3) is 3.46. The Morgan fingerprint density at radius 2 is 2.12 bits per heavy atom. The molecule has 1 amide bonds. The van der Waals surface area contributed by atoms with Gasteiger partial charge in [-0.2, -0.15) is 0 Å². The van der Waals surface area contributed by atoms with Crippen LogP contribution in [0.4, 0.5) is 0 Å². The Balaban J connectivity index is 1.58. The van der Waals surface area contributed by atoms with Crippen molar-refractivity contribution >= 4 is 33.5 Å². The van der Waals surface area contributed by atoms with E-state index in [4.69, 9.17) is 4.98 Å². The molecule has 4 nitrogen and oxygen atoms in total. The van der Waals surface area contributed by atoms with Gasteiger partial charge in [0.25, 0.3) is 0 Å². The lowest BCUT2D eigenvalue weighted by molar-refractivity contribution is -0.129. The van der Waals surface area contributed by atoms with E-state index in [-0.39, 0.29) is 11.9 Å². The van der Waals surface area contributed by atoms with E-state index in [0.717, 1.165) is 41.9 Å². The summed E-state index contributed by atoms with van der Waals surface area (Å²) >= 11 is 1.70. The Bertz CT molecular complexity index is 870. The summed E-state index contributed by atoms with van der Waals surface area (Å²) in [6.45, 7) is 0.788. The van der Waals surface area contributed by atoms with E-state index in [1.165, 1.54) is 4.70 Å². The highest BCUT2D eigenvalue weighted by Gasteiger charge is 2.29. The molecular weight excluding hydrogens is 330 g/mol. The second-order valence-corrected chi connectivity index (χ2v) is 7.24. The summed E-state index contributed by atoms with van der Waals surface area (Å²) in [6.07, 6.45) is 10.1. The van der Waals surface area contributed by atoms with Gasteiger partial charge in [-0.3, -0.25) is 9.78 Å². The molecule has 1 aromatic carbocycles. The zero-order chi connectivity index (χ0) is 17.1. The number of amides is 1. The maximum absolute atomic E-state index is 12.8. The molecule has 0 N–H and O–H groups in total. The zero-order valence-corrected chi connectivity index (χ0v) is 14.7. The Hall–Kier alpha value is -2.53. The second kappa shape index (κ2) is 7.15. The van der Waals surface area contributed by atoms with E-state index in [0.29, 0.717) is 0 Å². The second-order valence-electron chi connectivity index (χ2n) is 6.18. The molecule has 0 bridgehead atoms. The van der Waals surface area contributed by atoms with Crippen molar-refractivity contribution in [3.63, 3.8) is 0 Å². The highest BCUT2D eigenvalue weighted by molar-refractivity contribution is 7.18. The predicted molar refractivity (Wildman–Crippen MR) is 101 cm³/mol. The molecule has 1 fully saturated rings. The first-order valence-electron chi connectivity index (χ1n) is 8.55. The van der Waals surface area contributed by atoms with Gasteiger partial charge in [0, 0.05) is 25.0 Å². The molecule has 1 aliphatic rings. The van der Waals surface area contributed by atoms with Crippen LogP contribution in [0.1, 0.15) is 35.9 Å². The average Bonchev–Trinajstić information content (AvgIpc) is 3.11. The number of likely N-dealkylation sites (tertiary alicyclic amines) is 1. The highest BCUT2D eigenvalue weighted by atomic mass is 32.1. The third-order valence-corrected chi connectivity index (χ3v) is 5.62. The number of thiazole rings is 1. The van der Waals surface area contributed by atoms with Gasteiger partial charge in [0.15, 0.2) is 0 Å². The number of aromatic nitrogens is 2. The molecule has 3 aromatic rings. The molecule has 25 heavy (non-hydrogen) atoms. The molecular formula is C20H19N3OS. The summed E-state index contributed by atoms with van der Waals surface area (Å²) in [4.78, 5) is 23.6. The lowest BCUT2D eigenvalue weighted by Gasteiger charge is -2.33. The first kappa shape index (κ1) is 16.0. The summed E-state index contributed by atoms with van der Waals surface area (Å²) < 4.78 is 1.18. The zero-order valence-electron chi connectivity index (χ0n) is 13.8. The van der Waals surface area contributed by atoms with Gasteiger partial charge in [0.05, 0.1) is 16.3 Å². The number of benzene rings is 1. The number of rotatable bonds is 3. The van der Waals surface area contributed by atoms with Crippen LogP contribution in [-0.4, -0.2) is 27.3 Å². The maximum Gasteiger partial charge on any atom is 0.247 e. The van der Waals surface area contributed by atoms with E-state index in [2.05, 4.69) is 11.1 Å². The van der Waals surface area contributed by atoms with Gasteiger partial charge < -0.3 is 4.90 Å². The van der Waals surface area contributed by atoms with Gasteiger partial charge in [0.1, 0.15) is 5.01 Å². The Morgan fingerprint density at radius 1 is 1.20 bits per heavy atom. The molecule has 4 rings (SSSR count). The van der Waals surface area contributed by atoms with Crippen molar-refractivity contribution in [3.8, 4) is 0 Å². The van der Waals surface area contributed by atoms with E-state index in [1.807, 2.05) is 41.3 Å². The topological polar surface area (TPSA) is 46.1 Å². The molecule has 1 unspecified atom stereocenters. The predicted octanol–water partition coefficient (Wildman–Crippen LogP) is 4.46. The van der Waals surface area contributed by atoms with Crippen molar-refractivity contribution in [1.29, 1.82) is 0 Å². The summed E-state index contributed by atoms with van der Waals surface area (Å²) in [5, 5.41) is 1.05. The standard InChI is InChI=1S/C20H19N3OS/c24-19(11-10-15-6-5-12-21-14-15)23-13-4-3-8-17(23)20-22-16-7-1-2-9-18(16)25-20/h1-2,5-7,9-12,14,17H,3-4,8,13H2/b11-10+. The number of hydrogen-bond acceptors (Lipinski definition) is 4. The normalized spacial score (nSPS) is 18.1. The summed E-state index contributed by atoms with van der Waals surface area (Å²) in [5.41, 5.74) is 1.95. The molecule has 5 heteroatoms. The minimum absolute atomic E-state index is 0.0489. The third-order valence-electron chi connectivity index (χ3n) is 4.48. The molecule has 3 heterocycles. The van der Waals surface area contributed by atoms with Gasteiger partial charge in [-0.25, -0.2) is 4.98 Å². The Kier molecular flexibility index (Phi) is 4.57. The number of carbonyl (C=O) groups is 1. The average molecular weight is 349 g/mol. The lowest BCUT2D eigenvalue weighted by atomic mass is 10.0. The molecule has 0 radical (unpaired) electrons. The SMILES string of the molecule is O=C(/C=C/c1cccnc1)N1CCCCC1c1nc2ccccc2s1. The van der Waals surface area contributed by atoms with Crippen molar-refractivity contribution in [2.45, 2.75) is 25.3 Å². The van der Waals surface area contributed by atoms with Crippen LogP contribution in [0.25, 0.3) is 16.3 Å². The van der Waals surface area contributed by atoms with Crippen LogP contribution in [0.15, 0.2) is 54.9 Å². The van der Waals surface area contributed by atoms with Crippen molar-refractivity contribution in [1.82, 2.24) is 14.9 Å².